The van der Waals surface area contributed by atoms with E-state index >= 15 is 0 Å². The molecule has 0 N–H and O–H groups in total. The van der Waals surface area contributed by atoms with Gasteiger partial charge in [-0.3, -0.25) is 4.90 Å². The minimum atomic E-state index is -0.0623. The summed E-state index contributed by atoms with van der Waals surface area (Å²) < 4.78 is 11.2. The predicted molar refractivity (Wildman–Crippen MR) is 70.0 cm³/mol. The molecular formula is C12H25NO2S. The molecule has 2 unspecified atom stereocenters. The molecule has 0 aliphatic carbocycles. The summed E-state index contributed by atoms with van der Waals surface area (Å²) in [6, 6.07) is 0.613. The molecule has 0 radical (unpaired) electrons. The lowest BCUT2D eigenvalue weighted by Crippen LogP contribution is -2.48. The highest BCUT2D eigenvalue weighted by molar-refractivity contribution is 8.00. The smallest absolute Gasteiger partial charge is 0.170 e. The van der Waals surface area contributed by atoms with E-state index in [0.717, 1.165) is 26.3 Å². The molecule has 1 aliphatic rings. The standard InChI is InChI=1S/C12H25NO2S/c1-5-14-12(15-6-2)9-13-7-8-16-11(4)10(13)3/h10-12H,5-9H2,1-4H3. The van der Waals surface area contributed by atoms with Crippen LogP contribution in [0.1, 0.15) is 27.7 Å². The molecule has 0 bridgehead atoms. The molecule has 4 heteroatoms. The van der Waals surface area contributed by atoms with Gasteiger partial charge in [-0.2, -0.15) is 11.8 Å². The topological polar surface area (TPSA) is 21.7 Å². The van der Waals surface area contributed by atoms with Crippen molar-refractivity contribution in [2.75, 3.05) is 32.1 Å². The quantitative estimate of drug-likeness (QED) is 0.671. The second kappa shape index (κ2) is 7.54. The van der Waals surface area contributed by atoms with Gasteiger partial charge in [0.15, 0.2) is 6.29 Å². The van der Waals surface area contributed by atoms with Gasteiger partial charge in [0.2, 0.25) is 0 Å². The molecule has 96 valence electrons. The molecule has 3 nitrogen and oxygen atoms in total. The van der Waals surface area contributed by atoms with E-state index in [1.807, 2.05) is 13.8 Å². The molecule has 1 aliphatic heterocycles. The Hall–Kier alpha value is 0.230. The van der Waals surface area contributed by atoms with Crippen molar-refractivity contribution < 1.29 is 9.47 Å². The highest BCUT2D eigenvalue weighted by Gasteiger charge is 2.27. The Balaban J connectivity index is 2.42. The molecule has 1 saturated heterocycles. The lowest BCUT2D eigenvalue weighted by atomic mass is 10.2. The zero-order chi connectivity index (χ0) is 12.0. The van der Waals surface area contributed by atoms with Crippen molar-refractivity contribution >= 4 is 11.8 Å². The van der Waals surface area contributed by atoms with Crippen LogP contribution < -0.4 is 0 Å². The Morgan fingerprint density at radius 1 is 1.25 bits per heavy atom. The first kappa shape index (κ1) is 14.3. The number of hydrogen-bond donors (Lipinski definition) is 0. The summed E-state index contributed by atoms with van der Waals surface area (Å²) in [6.45, 7) is 12.1. The van der Waals surface area contributed by atoms with E-state index in [-0.39, 0.29) is 6.29 Å². The highest BCUT2D eigenvalue weighted by atomic mass is 32.2. The van der Waals surface area contributed by atoms with Crippen LogP contribution in [0.3, 0.4) is 0 Å². The summed E-state index contributed by atoms with van der Waals surface area (Å²) in [6.07, 6.45) is -0.0623. The Labute approximate surface area is 104 Å². The second-order valence-corrected chi connectivity index (χ2v) is 5.64. The van der Waals surface area contributed by atoms with Crippen LogP contribution in [0.25, 0.3) is 0 Å². The molecule has 1 fully saturated rings. The molecular weight excluding hydrogens is 222 g/mol. The normalized spacial score (nSPS) is 27.6. The Morgan fingerprint density at radius 2 is 1.88 bits per heavy atom. The van der Waals surface area contributed by atoms with Crippen LogP contribution >= 0.6 is 11.8 Å². The summed E-state index contributed by atoms with van der Waals surface area (Å²) >= 11 is 2.06. The van der Waals surface area contributed by atoms with Gasteiger partial charge in [-0.25, -0.2) is 0 Å². The molecule has 0 spiro atoms. The van der Waals surface area contributed by atoms with E-state index in [4.69, 9.17) is 9.47 Å². The Morgan fingerprint density at radius 3 is 2.44 bits per heavy atom. The fourth-order valence-corrected chi connectivity index (χ4v) is 3.13. The number of thioether (sulfide) groups is 1. The van der Waals surface area contributed by atoms with Crippen molar-refractivity contribution in [1.29, 1.82) is 0 Å². The van der Waals surface area contributed by atoms with Gasteiger partial charge in [-0.1, -0.05) is 6.92 Å². The average molecular weight is 247 g/mol. The molecule has 16 heavy (non-hydrogen) atoms. The molecule has 0 saturated carbocycles. The van der Waals surface area contributed by atoms with Gasteiger partial charge in [-0.05, 0) is 20.8 Å². The van der Waals surface area contributed by atoms with Crippen LogP contribution in [0, 0.1) is 0 Å². The van der Waals surface area contributed by atoms with Crippen LogP contribution in [0.2, 0.25) is 0 Å². The third kappa shape index (κ3) is 4.24. The van der Waals surface area contributed by atoms with Crippen molar-refractivity contribution in [3.63, 3.8) is 0 Å². The zero-order valence-corrected chi connectivity index (χ0v) is 11.8. The van der Waals surface area contributed by atoms with E-state index in [1.54, 1.807) is 0 Å². The Bertz CT molecular complexity index is 186. The van der Waals surface area contributed by atoms with Gasteiger partial charge >= 0.3 is 0 Å². The minimum absolute atomic E-state index is 0.0623. The van der Waals surface area contributed by atoms with Gasteiger partial charge in [0.05, 0.1) is 0 Å². The lowest BCUT2D eigenvalue weighted by Gasteiger charge is -2.38. The van der Waals surface area contributed by atoms with Crippen molar-refractivity contribution in [1.82, 2.24) is 4.90 Å². The second-order valence-electron chi connectivity index (χ2n) is 4.15. The van der Waals surface area contributed by atoms with Crippen molar-refractivity contribution in [3.8, 4) is 0 Å². The van der Waals surface area contributed by atoms with Crippen molar-refractivity contribution in [3.05, 3.63) is 0 Å². The van der Waals surface area contributed by atoms with Gasteiger partial charge < -0.3 is 9.47 Å². The molecule has 1 heterocycles. The fourth-order valence-electron chi connectivity index (χ4n) is 1.97. The molecule has 0 aromatic rings. The maximum absolute atomic E-state index is 5.60. The Kier molecular flexibility index (Phi) is 6.73. The summed E-state index contributed by atoms with van der Waals surface area (Å²) in [4.78, 5) is 2.48. The summed E-state index contributed by atoms with van der Waals surface area (Å²) in [5.74, 6) is 1.22. The van der Waals surface area contributed by atoms with Gasteiger partial charge in [0.1, 0.15) is 0 Å². The number of nitrogens with zero attached hydrogens (tertiary/aromatic N) is 1. The first-order chi connectivity index (χ1) is 7.69. The molecule has 1 rings (SSSR count). The van der Waals surface area contributed by atoms with E-state index < -0.39 is 0 Å². The summed E-state index contributed by atoms with van der Waals surface area (Å²) in [5, 5.41) is 0.706. The van der Waals surface area contributed by atoms with Crippen molar-refractivity contribution in [2.24, 2.45) is 0 Å². The zero-order valence-electron chi connectivity index (χ0n) is 10.9. The largest absolute Gasteiger partial charge is 0.352 e. The maximum Gasteiger partial charge on any atom is 0.170 e. The van der Waals surface area contributed by atoms with Gasteiger partial charge in [0, 0.05) is 43.3 Å². The third-order valence-corrected chi connectivity index (χ3v) is 4.44. The van der Waals surface area contributed by atoms with Crippen LogP contribution in [-0.2, 0) is 9.47 Å². The van der Waals surface area contributed by atoms with Gasteiger partial charge in [-0.15, -0.1) is 0 Å². The molecule has 2 atom stereocenters. The first-order valence-electron chi connectivity index (χ1n) is 6.27. The van der Waals surface area contributed by atoms with Crippen LogP contribution in [0.15, 0.2) is 0 Å². The maximum atomic E-state index is 5.60. The average Bonchev–Trinajstić information content (AvgIpc) is 2.25. The summed E-state index contributed by atoms with van der Waals surface area (Å²) in [5.41, 5.74) is 0. The van der Waals surface area contributed by atoms with Crippen molar-refractivity contribution in [2.45, 2.75) is 45.3 Å². The SMILES string of the molecule is CCOC(CN1CCSC(C)C1C)OCC. The van der Waals surface area contributed by atoms with E-state index in [2.05, 4.69) is 30.5 Å². The van der Waals surface area contributed by atoms with E-state index in [1.165, 1.54) is 5.75 Å². The lowest BCUT2D eigenvalue weighted by molar-refractivity contribution is -0.149. The number of hydrogen-bond acceptors (Lipinski definition) is 4. The van der Waals surface area contributed by atoms with Gasteiger partial charge in [0.25, 0.3) is 0 Å². The fraction of sp³-hybridized carbons (Fsp3) is 1.00. The first-order valence-corrected chi connectivity index (χ1v) is 7.32. The number of rotatable bonds is 6. The molecule has 0 aromatic carbocycles. The summed E-state index contributed by atoms with van der Waals surface area (Å²) in [7, 11) is 0. The van der Waals surface area contributed by atoms with E-state index in [0.29, 0.717) is 11.3 Å². The van der Waals surface area contributed by atoms with E-state index in [9.17, 15) is 0 Å². The highest BCUT2D eigenvalue weighted by Crippen LogP contribution is 2.24. The number of ether oxygens (including phenoxy) is 2. The third-order valence-electron chi connectivity index (χ3n) is 3.10. The molecule has 0 amide bonds. The van der Waals surface area contributed by atoms with Crippen LogP contribution in [-0.4, -0.2) is 54.5 Å². The molecule has 0 aromatic heterocycles. The van der Waals surface area contributed by atoms with Crippen LogP contribution in [0.4, 0.5) is 0 Å². The predicted octanol–water partition coefficient (Wildman–Crippen LogP) is 2.21. The monoisotopic (exact) mass is 247 g/mol. The minimum Gasteiger partial charge on any atom is -0.352 e. The van der Waals surface area contributed by atoms with Crippen LogP contribution in [0.5, 0.6) is 0 Å².